The van der Waals surface area contributed by atoms with Crippen molar-refractivity contribution in [1.29, 1.82) is 5.26 Å². The molecule has 15 heavy (non-hydrogen) atoms. The Labute approximate surface area is 98.7 Å². The average molecular weight is 265 g/mol. The van der Waals surface area contributed by atoms with E-state index in [1.165, 1.54) is 0 Å². The van der Waals surface area contributed by atoms with Crippen LogP contribution in [0.15, 0.2) is 41.4 Å². The molecule has 2 nitrogen and oxygen atoms in total. The molecule has 0 spiro atoms. The molecule has 0 bridgehead atoms. The molecule has 0 amide bonds. The van der Waals surface area contributed by atoms with E-state index in [0.29, 0.717) is 13.0 Å². The maximum absolute atomic E-state index is 8.74. The Balaban J connectivity index is 2.66. The van der Waals surface area contributed by atoms with Gasteiger partial charge >= 0.3 is 0 Å². The molecule has 0 saturated heterocycles. The molecular formula is C12H13BrN2. The van der Waals surface area contributed by atoms with Crippen LogP contribution in [0.1, 0.15) is 18.0 Å². The number of benzene rings is 1. The van der Waals surface area contributed by atoms with Crippen LogP contribution in [0.25, 0.3) is 0 Å². The van der Waals surface area contributed by atoms with Gasteiger partial charge in [0.15, 0.2) is 0 Å². The first-order chi connectivity index (χ1) is 7.24. The van der Waals surface area contributed by atoms with E-state index in [2.05, 4.69) is 33.9 Å². The fraction of sp³-hybridized carbons (Fsp3) is 0.250. The Morgan fingerprint density at radius 3 is 2.67 bits per heavy atom. The number of hydrogen-bond acceptors (Lipinski definition) is 2. The predicted octanol–water partition coefficient (Wildman–Crippen LogP) is 3.14. The summed E-state index contributed by atoms with van der Waals surface area (Å²) >= 11 is 3.29. The minimum absolute atomic E-state index is 0.0745. The highest BCUT2D eigenvalue weighted by Crippen LogP contribution is 2.16. The van der Waals surface area contributed by atoms with Gasteiger partial charge in [0.2, 0.25) is 0 Å². The summed E-state index contributed by atoms with van der Waals surface area (Å²) < 4.78 is 0.890. The maximum Gasteiger partial charge on any atom is 0.0641 e. The van der Waals surface area contributed by atoms with E-state index < -0.39 is 0 Å². The highest BCUT2D eigenvalue weighted by molar-refractivity contribution is 9.11. The Morgan fingerprint density at radius 1 is 1.47 bits per heavy atom. The molecule has 78 valence electrons. The molecule has 1 N–H and O–H groups in total. The van der Waals surface area contributed by atoms with Crippen molar-refractivity contribution in [3.05, 3.63) is 47.0 Å². The number of nitrogens with zero attached hydrogens (tertiary/aromatic N) is 1. The number of nitrogens with one attached hydrogen (secondary N) is 1. The molecule has 0 aliphatic carbocycles. The van der Waals surface area contributed by atoms with Crippen molar-refractivity contribution in [2.75, 3.05) is 6.54 Å². The first-order valence-electron chi connectivity index (χ1n) is 4.72. The van der Waals surface area contributed by atoms with Crippen LogP contribution in [0.5, 0.6) is 0 Å². The second-order valence-electron chi connectivity index (χ2n) is 3.22. The lowest BCUT2D eigenvalue weighted by molar-refractivity contribution is 0.578. The predicted molar refractivity (Wildman–Crippen MR) is 65.5 cm³/mol. The van der Waals surface area contributed by atoms with Crippen LogP contribution in [0.3, 0.4) is 0 Å². The van der Waals surface area contributed by atoms with Crippen LogP contribution in [0.2, 0.25) is 0 Å². The molecule has 0 radical (unpaired) electrons. The van der Waals surface area contributed by atoms with Gasteiger partial charge in [-0.3, -0.25) is 0 Å². The monoisotopic (exact) mass is 264 g/mol. The van der Waals surface area contributed by atoms with Gasteiger partial charge < -0.3 is 5.32 Å². The zero-order valence-corrected chi connectivity index (χ0v) is 10.00. The van der Waals surface area contributed by atoms with E-state index in [-0.39, 0.29) is 6.04 Å². The summed E-state index contributed by atoms with van der Waals surface area (Å²) in [6.07, 6.45) is 0.463. The van der Waals surface area contributed by atoms with Gasteiger partial charge in [-0.15, -0.1) is 0 Å². The van der Waals surface area contributed by atoms with E-state index in [9.17, 15) is 0 Å². The normalized spacial score (nSPS) is 11.7. The SMILES string of the molecule is C=C(Br)CNC(CC#N)c1ccccc1. The van der Waals surface area contributed by atoms with E-state index in [0.717, 1.165) is 10.0 Å². The van der Waals surface area contributed by atoms with Gasteiger partial charge in [0, 0.05) is 17.1 Å². The highest BCUT2D eigenvalue weighted by Gasteiger charge is 2.09. The van der Waals surface area contributed by atoms with Crippen molar-refractivity contribution < 1.29 is 0 Å². The first-order valence-corrected chi connectivity index (χ1v) is 5.52. The van der Waals surface area contributed by atoms with E-state index in [1.54, 1.807) is 0 Å². The average Bonchev–Trinajstić information content (AvgIpc) is 2.25. The molecule has 0 aromatic heterocycles. The Hall–Kier alpha value is -1.11. The number of hydrogen-bond donors (Lipinski definition) is 1. The standard InChI is InChI=1S/C12H13BrN2/c1-10(13)9-15-12(7-8-14)11-5-3-2-4-6-11/h2-6,12,15H,1,7,9H2. The molecule has 0 heterocycles. The van der Waals surface area contributed by atoms with Gasteiger partial charge in [-0.2, -0.15) is 5.26 Å². The van der Waals surface area contributed by atoms with Gasteiger partial charge in [0.25, 0.3) is 0 Å². The van der Waals surface area contributed by atoms with Crippen molar-refractivity contribution in [3.8, 4) is 6.07 Å². The molecule has 0 aliphatic rings. The molecule has 1 unspecified atom stereocenters. The van der Waals surface area contributed by atoms with Crippen LogP contribution in [0.4, 0.5) is 0 Å². The summed E-state index contributed by atoms with van der Waals surface area (Å²) in [6.45, 7) is 4.42. The molecule has 0 aliphatic heterocycles. The molecule has 0 saturated carbocycles. The Kier molecular flexibility index (Phi) is 5.09. The molecule has 1 rings (SSSR count). The minimum Gasteiger partial charge on any atom is -0.304 e. The lowest BCUT2D eigenvalue weighted by atomic mass is 10.0. The smallest absolute Gasteiger partial charge is 0.0641 e. The molecule has 1 atom stereocenters. The second-order valence-corrected chi connectivity index (χ2v) is 4.35. The fourth-order valence-electron chi connectivity index (χ4n) is 1.32. The van der Waals surface area contributed by atoms with Crippen molar-refractivity contribution in [2.24, 2.45) is 0 Å². The quantitative estimate of drug-likeness (QED) is 0.887. The summed E-state index contributed by atoms with van der Waals surface area (Å²) in [4.78, 5) is 0. The van der Waals surface area contributed by atoms with Gasteiger partial charge in [-0.05, 0) is 5.56 Å². The first kappa shape index (κ1) is 12.0. The minimum atomic E-state index is 0.0745. The van der Waals surface area contributed by atoms with E-state index in [4.69, 9.17) is 5.26 Å². The van der Waals surface area contributed by atoms with Crippen LogP contribution in [-0.4, -0.2) is 6.54 Å². The summed E-state index contributed by atoms with van der Waals surface area (Å²) in [5.41, 5.74) is 1.13. The Morgan fingerprint density at radius 2 is 2.13 bits per heavy atom. The van der Waals surface area contributed by atoms with Gasteiger partial charge in [-0.1, -0.05) is 52.8 Å². The third-order valence-corrected chi connectivity index (χ3v) is 2.32. The summed E-state index contributed by atoms with van der Waals surface area (Å²) in [7, 11) is 0. The van der Waals surface area contributed by atoms with Gasteiger partial charge in [0.05, 0.1) is 12.5 Å². The highest BCUT2D eigenvalue weighted by atomic mass is 79.9. The van der Waals surface area contributed by atoms with Crippen molar-refractivity contribution in [1.82, 2.24) is 5.32 Å². The number of halogens is 1. The molecule has 1 aromatic rings. The van der Waals surface area contributed by atoms with Crippen LogP contribution >= 0.6 is 15.9 Å². The lowest BCUT2D eigenvalue weighted by Crippen LogP contribution is -2.22. The van der Waals surface area contributed by atoms with Crippen LogP contribution < -0.4 is 5.32 Å². The summed E-state index contributed by atoms with van der Waals surface area (Å²) in [6, 6.07) is 12.2. The van der Waals surface area contributed by atoms with Crippen molar-refractivity contribution in [2.45, 2.75) is 12.5 Å². The van der Waals surface area contributed by atoms with Crippen molar-refractivity contribution >= 4 is 15.9 Å². The zero-order chi connectivity index (χ0) is 11.1. The Bertz CT molecular complexity index is 354. The molecule has 3 heteroatoms. The van der Waals surface area contributed by atoms with Crippen LogP contribution in [0, 0.1) is 11.3 Å². The molecule has 0 fully saturated rings. The van der Waals surface area contributed by atoms with Crippen LogP contribution in [-0.2, 0) is 0 Å². The van der Waals surface area contributed by atoms with E-state index >= 15 is 0 Å². The van der Waals surface area contributed by atoms with Crippen molar-refractivity contribution in [3.63, 3.8) is 0 Å². The third kappa shape index (κ3) is 4.28. The van der Waals surface area contributed by atoms with Gasteiger partial charge in [0.1, 0.15) is 0 Å². The third-order valence-electron chi connectivity index (χ3n) is 2.04. The van der Waals surface area contributed by atoms with Gasteiger partial charge in [-0.25, -0.2) is 0 Å². The number of rotatable bonds is 5. The van der Waals surface area contributed by atoms with E-state index in [1.807, 2.05) is 30.3 Å². The maximum atomic E-state index is 8.74. The summed E-state index contributed by atoms with van der Waals surface area (Å²) in [5.74, 6) is 0. The topological polar surface area (TPSA) is 35.8 Å². The molecular weight excluding hydrogens is 252 g/mol. The number of nitriles is 1. The molecule has 1 aromatic carbocycles. The largest absolute Gasteiger partial charge is 0.304 e. The second kappa shape index (κ2) is 6.39. The summed E-state index contributed by atoms with van der Waals surface area (Å²) in [5, 5.41) is 12.0. The lowest BCUT2D eigenvalue weighted by Gasteiger charge is -2.15. The zero-order valence-electron chi connectivity index (χ0n) is 8.41. The fourth-order valence-corrected chi connectivity index (χ4v) is 1.48.